The van der Waals surface area contributed by atoms with Crippen LogP contribution in [0, 0.1) is 0 Å². The van der Waals surface area contributed by atoms with Crippen molar-refractivity contribution in [1.29, 1.82) is 0 Å². The number of aromatic nitrogens is 3. The third-order valence-corrected chi connectivity index (χ3v) is 3.26. The normalized spacial score (nSPS) is 12.9. The van der Waals surface area contributed by atoms with Gasteiger partial charge in [-0.25, -0.2) is 9.59 Å². The Morgan fingerprint density at radius 1 is 1.03 bits per heavy atom. The Bertz CT molecular complexity index is 864. The summed E-state index contributed by atoms with van der Waals surface area (Å²) >= 11 is 0. The Balaban J connectivity index is 2.16. The highest BCUT2D eigenvalue weighted by Crippen LogP contribution is 2.12. The highest BCUT2D eigenvalue weighted by Gasteiger charge is 2.31. The Kier molecular flexibility index (Phi) is 6.45. The average Bonchev–Trinajstić information content (AvgIpc) is 2.94. The van der Waals surface area contributed by atoms with E-state index in [9.17, 15) is 14.4 Å². The van der Waals surface area contributed by atoms with E-state index in [-0.39, 0.29) is 0 Å². The number of alkyl carbamates (subject to hydrolysis) is 1. The van der Waals surface area contributed by atoms with Crippen LogP contribution in [0.25, 0.3) is 11.0 Å². The molecule has 158 valence electrons. The molecular weight excluding hydrogens is 380 g/mol. The van der Waals surface area contributed by atoms with Crippen LogP contribution in [-0.2, 0) is 19.1 Å². The number of para-hydroxylation sites is 1. The molecule has 0 radical (unpaired) electrons. The Hall–Kier alpha value is -3.17. The summed E-state index contributed by atoms with van der Waals surface area (Å²) < 4.78 is 10.4. The summed E-state index contributed by atoms with van der Waals surface area (Å²) in [5.41, 5.74) is -0.565. The molecule has 1 heterocycles. The second-order valence-corrected chi connectivity index (χ2v) is 8.35. The number of carbonyl (C=O) groups is 3. The molecule has 0 aliphatic carbocycles. The molecule has 0 saturated carbocycles. The van der Waals surface area contributed by atoms with Crippen LogP contribution in [0.3, 0.4) is 0 Å². The van der Waals surface area contributed by atoms with Crippen LogP contribution >= 0.6 is 0 Å². The number of benzene rings is 1. The molecule has 1 N–H and O–H groups in total. The average molecular weight is 406 g/mol. The minimum absolute atomic E-state index is 0.442. The first kappa shape index (κ1) is 22.1. The van der Waals surface area contributed by atoms with Crippen LogP contribution < -0.4 is 10.2 Å². The number of fused-ring (bicyclic) bond motifs is 1. The predicted octanol–water partition coefficient (Wildman–Crippen LogP) is 2.01. The number of ether oxygens (including phenoxy) is 2. The lowest BCUT2D eigenvalue weighted by Crippen LogP contribution is -2.48. The van der Waals surface area contributed by atoms with Crippen molar-refractivity contribution in [2.45, 2.75) is 65.2 Å². The fraction of sp³-hybridized carbons (Fsp3) is 0.526. The summed E-state index contributed by atoms with van der Waals surface area (Å²) in [6.07, 6.45) is -1.31. The molecule has 1 atom stereocenters. The topological polar surface area (TPSA) is 122 Å². The van der Waals surface area contributed by atoms with Crippen molar-refractivity contribution in [3.63, 3.8) is 0 Å². The first-order chi connectivity index (χ1) is 13.3. The molecule has 0 spiro atoms. The molecule has 2 aromatic rings. The number of hydrogen-bond acceptors (Lipinski definition) is 8. The molecule has 0 saturated heterocycles. The fourth-order valence-corrected chi connectivity index (χ4v) is 2.26. The number of rotatable bonds is 5. The maximum atomic E-state index is 12.7. The zero-order valence-corrected chi connectivity index (χ0v) is 17.4. The van der Waals surface area contributed by atoms with Crippen LogP contribution in [0.15, 0.2) is 24.3 Å². The summed E-state index contributed by atoms with van der Waals surface area (Å²) in [5.74, 6) is -1.60. The van der Waals surface area contributed by atoms with E-state index in [1.54, 1.807) is 65.8 Å². The van der Waals surface area contributed by atoms with Crippen molar-refractivity contribution >= 4 is 29.1 Å². The van der Waals surface area contributed by atoms with Crippen LogP contribution in [0.1, 0.15) is 48.0 Å². The van der Waals surface area contributed by atoms with Gasteiger partial charge in [-0.2, -0.15) is 0 Å². The van der Waals surface area contributed by atoms with Gasteiger partial charge in [0, 0.05) is 0 Å². The monoisotopic (exact) mass is 406 g/mol. The molecule has 0 bridgehead atoms. The minimum Gasteiger partial charge on any atom is -0.460 e. The molecule has 10 nitrogen and oxygen atoms in total. The summed E-state index contributed by atoms with van der Waals surface area (Å²) in [4.78, 5) is 43.1. The van der Waals surface area contributed by atoms with E-state index < -0.39 is 41.7 Å². The van der Waals surface area contributed by atoms with Crippen LogP contribution in [0.2, 0.25) is 0 Å². The lowest BCUT2D eigenvalue weighted by atomic mass is 10.1. The standard InChI is InChI=1S/C19H26N4O6/c1-18(2,3)27-15(24)11-13(20-17(26)28-19(4,5)6)16(25)29-23-14-10-8-7-9-12(14)21-22-23/h7-10,13H,11H2,1-6H3,(H,20,26)/t13-/m0/s1. The third-order valence-electron chi connectivity index (χ3n) is 3.26. The lowest BCUT2D eigenvalue weighted by Gasteiger charge is -2.24. The molecule has 0 unspecified atom stereocenters. The molecule has 0 fully saturated rings. The molecule has 10 heteroatoms. The van der Waals surface area contributed by atoms with Gasteiger partial charge in [0.05, 0.1) is 6.42 Å². The number of hydrogen-bond donors (Lipinski definition) is 1. The van der Waals surface area contributed by atoms with Crippen LogP contribution in [0.4, 0.5) is 4.79 Å². The Morgan fingerprint density at radius 2 is 1.66 bits per heavy atom. The summed E-state index contributed by atoms with van der Waals surface area (Å²) in [5, 5.41) is 9.99. The molecule has 0 aliphatic heterocycles. The van der Waals surface area contributed by atoms with E-state index in [4.69, 9.17) is 14.3 Å². The van der Waals surface area contributed by atoms with Crippen molar-refractivity contribution in [2.24, 2.45) is 0 Å². The van der Waals surface area contributed by atoms with E-state index in [2.05, 4.69) is 15.6 Å². The summed E-state index contributed by atoms with van der Waals surface area (Å²) in [7, 11) is 0. The maximum Gasteiger partial charge on any atom is 0.408 e. The van der Waals surface area contributed by atoms with Gasteiger partial charge < -0.3 is 19.6 Å². The fourth-order valence-electron chi connectivity index (χ4n) is 2.26. The van der Waals surface area contributed by atoms with Gasteiger partial charge in [-0.3, -0.25) is 4.79 Å². The highest BCUT2D eigenvalue weighted by molar-refractivity contribution is 5.87. The molecule has 1 amide bonds. The molecule has 1 aromatic carbocycles. The smallest absolute Gasteiger partial charge is 0.408 e. The zero-order valence-electron chi connectivity index (χ0n) is 17.4. The van der Waals surface area contributed by atoms with E-state index in [1.807, 2.05) is 0 Å². The van der Waals surface area contributed by atoms with Gasteiger partial charge in [-0.15, -0.1) is 5.10 Å². The SMILES string of the molecule is CC(C)(C)OC(=O)C[C@H](NC(=O)OC(C)(C)C)C(=O)On1nnc2ccccc21. The number of nitrogens with zero attached hydrogens (tertiary/aromatic N) is 3. The summed E-state index contributed by atoms with van der Waals surface area (Å²) in [6.45, 7) is 10.1. The van der Waals surface area contributed by atoms with Crippen molar-refractivity contribution in [3.05, 3.63) is 24.3 Å². The molecule has 29 heavy (non-hydrogen) atoms. The van der Waals surface area contributed by atoms with Crippen molar-refractivity contribution < 1.29 is 28.7 Å². The number of amides is 1. The number of nitrogens with one attached hydrogen (secondary N) is 1. The number of esters is 1. The van der Waals surface area contributed by atoms with Crippen molar-refractivity contribution in [1.82, 2.24) is 20.5 Å². The lowest BCUT2D eigenvalue weighted by molar-refractivity contribution is -0.160. The summed E-state index contributed by atoms with van der Waals surface area (Å²) in [6, 6.07) is 5.50. The number of carbonyl (C=O) groups excluding carboxylic acids is 3. The van der Waals surface area contributed by atoms with Gasteiger partial charge in [-0.05, 0) is 58.9 Å². The van der Waals surface area contributed by atoms with Crippen molar-refractivity contribution in [2.75, 3.05) is 0 Å². The van der Waals surface area contributed by atoms with Crippen LogP contribution in [0.5, 0.6) is 0 Å². The zero-order chi connectivity index (χ0) is 21.8. The molecule has 1 aromatic heterocycles. The second kappa shape index (κ2) is 8.46. The Labute approximate surface area is 168 Å². The van der Waals surface area contributed by atoms with E-state index >= 15 is 0 Å². The predicted molar refractivity (Wildman–Crippen MR) is 103 cm³/mol. The first-order valence-electron chi connectivity index (χ1n) is 9.08. The van der Waals surface area contributed by atoms with Crippen LogP contribution in [-0.4, -0.2) is 50.4 Å². The van der Waals surface area contributed by atoms with Gasteiger partial charge in [0.1, 0.15) is 28.3 Å². The van der Waals surface area contributed by atoms with Gasteiger partial charge in [-0.1, -0.05) is 17.0 Å². The van der Waals surface area contributed by atoms with Crippen molar-refractivity contribution in [3.8, 4) is 0 Å². The van der Waals surface area contributed by atoms with E-state index in [0.29, 0.717) is 11.0 Å². The highest BCUT2D eigenvalue weighted by atomic mass is 16.7. The second-order valence-electron chi connectivity index (χ2n) is 8.35. The van der Waals surface area contributed by atoms with Gasteiger partial charge in [0.25, 0.3) is 0 Å². The quantitative estimate of drug-likeness (QED) is 0.591. The molecule has 0 aliphatic rings. The minimum atomic E-state index is -1.34. The van der Waals surface area contributed by atoms with E-state index in [1.165, 1.54) is 0 Å². The largest absolute Gasteiger partial charge is 0.460 e. The van der Waals surface area contributed by atoms with Gasteiger partial charge in [0.15, 0.2) is 0 Å². The molecule has 2 rings (SSSR count). The van der Waals surface area contributed by atoms with E-state index in [0.717, 1.165) is 4.85 Å². The Morgan fingerprint density at radius 3 is 2.28 bits per heavy atom. The van der Waals surface area contributed by atoms with Gasteiger partial charge >= 0.3 is 18.0 Å². The third kappa shape index (κ3) is 7.05. The van der Waals surface area contributed by atoms with Gasteiger partial charge in [0.2, 0.25) is 0 Å². The first-order valence-corrected chi connectivity index (χ1v) is 9.08. The molecular formula is C19H26N4O6. The maximum absolute atomic E-state index is 12.7.